The van der Waals surface area contributed by atoms with Gasteiger partial charge in [0.25, 0.3) is 0 Å². The smallest absolute Gasteiger partial charge is 0.309 e. The van der Waals surface area contributed by atoms with Crippen LogP contribution >= 0.6 is 0 Å². The van der Waals surface area contributed by atoms with Gasteiger partial charge in [-0.15, -0.1) is 0 Å². The molecule has 2 rings (SSSR count). The van der Waals surface area contributed by atoms with E-state index in [9.17, 15) is 9.59 Å². The fourth-order valence-corrected chi connectivity index (χ4v) is 3.44. The minimum Gasteiger partial charge on any atom is -0.348 e. The number of hydrogen-bond acceptors (Lipinski definition) is 2. The topological polar surface area (TPSA) is 58.2 Å². The lowest BCUT2D eigenvalue weighted by atomic mass is 9.87. The third-order valence-electron chi connectivity index (χ3n) is 4.71. The maximum absolute atomic E-state index is 11.8. The summed E-state index contributed by atoms with van der Waals surface area (Å²) < 4.78 is 0. The van der Waals surface area contributed by atoms with Gasteiger partial charge in [0.1, 0.15) is 0 Å². The van der Waals surface area contributed by atoms with Crippen molar-refractivity contribution in [2.24, 2.45) is 5.92 Å². The molecule has 0 unspecified atom stereocenters. The van der Waals surface area contributed by atoms with Gasteiger partial charge < -0.3 is 10.6 Å². The average molecular weight is 280 g/mol. The fraction of sp³-hybridized carbons (Fsp3) is 0.875. The van der Waals surface area contributed by atoms with E-state index < -0.39 is 11.8 Å². The van der Waals surface area contributed by atoms with E-state index in [1.807, 2.05) is 0 Å². The minimum atomic E-state index is -0.452. The molecule has 0 aromatic carbocycles. The molecule has 0 aliphatic heterocycles. The van der Waals surface area contributed by atoms with Crippen LogP contribution in [-0.4, -0.2) is 24.4 Å². The van der Waals surface area contributed by atoms with Gasteiger partial charge in [-0.2, -0.15) is 0 Å². The van der Waals surface area contributed by atoms with E-state index in [0.717, 1.165) is 38.0 Å². The number of rotatable bonds is 4. The Hall–Kier alpha value is -1.06. The van der Waals surface area contributed by atoms with Gasteiger partial charge >= 0.3 is 11.8 Å². The van der Waals surface area contributed by atoms with Crippen LogP contribution < -0.4 is 10.6 Å². The molecule has 114 valence electrons. The second-order valence-corrected chi connectivity index (χ2v) is 6.36. The number of amides is 2. The molecule has 4 heteroatoms. The van der Waals surface area contributed by atoms with Gasteiger partial charge in [-0.1, -0.05) is 51.4 Å². The SMILES string of the molecule is O=C(NCCC1CCCCC1)C(=O)NC1CCCCC1. The molecule has 2 aliphatic rings. The van der Waals surface area contributed by atoms with E-state index in [1.165, 1.54) is 38.5 Å². The Bertz CT molecular complexity index is 318. The molecule has 0 atom stereocenters. The van der Waals surface area contributed by atoms with Crippen molar-refractivity contribution in [2.45, 2.75) is 76.7 Å². The predicted octanol–water partition coefficient (Wildman–Crippen LogP) is 2.52. The van der Waals surface area contributed by atoms with Crippen molar-refractivity contribution < 1.29 is 9.59 Å². The third-order valence-corrected chi connectivity index (χ3v) is 4.71. The summed E-state index contributed by atoms with van der Waals surface area (Å²) in [4.78, 5) is 23.5. The fourth-order valence-electron chi connectivity index (χ4n) is 3.44. The third kappa shape index (κ3) is 5.14. The first-order chi connectivity index (χ1) is 9.75. The lowest BCUT2D eigenvalue weighted by molar-refractivity contribution is -0.139. The van der Waals surface area contributed by atoms with Crippen molar-refractivity contribution in [1.29, 1.82) is 0 Å². The van der Waals surface area contributed by atoms with Crippen LogP contribution in [0.4, 0.5) is 0 Å². The highest BCUT2D eigenvalue weighted by molar-refractivity contribution is 6.35. The van der Waals surface area contributed by atoms with Crippen LogP contribution in [-0.2, 0) is 9.59 Å². The first-order valence-electron chi connectivity index (χ1n) is 8.34. The van der Waals surface area contributed by atoms with Gasteiger partial charge in [0.15, 0.2) is 0 Å². The van der Waals surface area contributed by atoms with Gasteiger partial charge in [-0.25, -0.2) is 0 Å². The molecule has 0 aromatic rings. The zero-order chi connectivity index (χ0) is 14.2. The molecule has 0 spiro atoms. The molecular formula is C16H28N2O2. The Morgan fingerprint density at radius 3 is 2.05 bits per heavy atom. The highest BCUT2D eigenvalue weighted by Crippen LogP contribution is 2.25. The van der Waals surface area contributed by atoms with Crippen LogP contribution in [0.3, 0.4) is 0 Å². The Balaban J connectivity index is 1.59. The molecule has 2 amide bonds. The highest BCUT2D eigenvalue weighted by atomic mass is 16.2. The summed E-state index contributed by atoms with van der Waals surface area (Å²) in [5.74, 6) is -0.155. The Labute approximate surface area is 122 Å². The van der Waals surface area contributed by atoms with Crippen LogP contribution in [0, 0.1) is 5.92 Å². The van der Waals surface area contributed by atoms with Crippen LogP contribution in [0.15, 0.2) is 0 Å². The van der Waals surface area contributed by atoms with Crippen LogP contribution in [0.25, 0.3) is 0 Å². The molecule has 0 aromatic heterocycles. The Morgan fingerprint density at radius 2 is 1.40 bits per heavy atom. The van der Waals surface area contributed by atoms with Crippen LogP contribution in [0.1, 0.15) is 70.6 Å². The van der Waals surface area contributed by atoms with E-state index in [-0.39, 0.29) is 6.04 Å². The average Bonchev–Trinajstić information content (AvgIpc) is 2.49. The van der Waals surface area contributed by atoms with Crippen molar-refractivity contribution >= 4 is 11.8 Å². The monoisotopic (exact) mass is 280 g/mol. The highest BCUT2D eigenvalue weighted by Gasteiger charge is 2.20. The minimum absolute atomic E-state index is 0.209. The summed E-state index contributed by atoms with van der Waals surface area (Å²) in [5.41, 5.74) is 0. The molecule has 0 heterocycles. The molecule has 4 nitrogen and oxygen atoms in total. The van der Waals surface area contributed by atoms with Crippen molar-refractivity contribution in [2.75, 3.05) is 6.54 Å². The maximum Gasteiger partial charge on any atom is 0.309 e. The summed E-state index contributed by atoms with van der Waals surface area (Å²) in [5, 5.41) is 5.62. The summed E-state index contributed by atoms with van der Waals surface area (Å²) in [6, 6.07) is 0.209. The molecule has 2 N–H and O–H groups in total. The number of nitrogens with one attached hydrogen (secondary N) is 2. The van der Waals surface area contributed by atoms with Crippen LogP contribution in [0.5, 0.6) is 0 Å². The second kappa shape index (κ2) is 8.28. The van der Waals surface area contributed by atoms with E-state index in [1.54, 1.807) is 0 Å². The van der Waals surface area contributed by atoms with Gasteiger partial charge in [-0.3, -0.25) is 9.59 Å². The molecule has 2 fully saturated rings. The first kappa shape index (κ1) is 15.3. The van der Waals surface area contributed by atoms with Gasteiger partial charge in [0, 0.05) is 12.6 Å². The predicted molar refractivity (Wildman–Crippen MR) is 79.2 cm³/mol. The molecule has 20 heavy (non-hydrogen) atoms. The molecule has 0 bridgehead atoms. The van der Waals surface area contributed by atoms with Gasteiger partial charge in [-0.05, 0) is 25.2 Å². The Kier molecular flexibility index (Phi) is 6.34. The molecule has 2 aliphatic carbocycles. The summed E-state index contributed by atoms with van der Waals surface area (Å²) in [6.07, 6.45) is 13.2. The first-order valence-corrected chi connectivity index (χ1v) is 8.34. The van der Waals surface area contributed by atoms with E-state index in [4.69, 9.17) is 0 Å². The normalized spacial score (nSPS) is 21.4. The zero-order valence-corrected chi connectivity index (χ0v) is 12.5. The Morgan fingerprint density at radius 1 is 0.800 bits per heavy atom. The largest absolute Gasteiger partial charge is 0.348 e. The number of carbonyl (C=O) groups is 2. The lowest BCUT2D eigenvalue weighted by Gasteiger charge is -2.23. The van der Waals surface area contributed by atoms with E-state index in [2.05, 4.69) is 10.6 Å². The van der Waals surface area contributed by atoms with E-state index in [0.29, 0.717) is 6.54 Å². The quantitative estimate of drug-likeness (QED) is 0.777. The lowest BCUT2D eigenvalue weighted by Crippen LogP contribution is -2.45. The summed E-state index contributed by atoms with van der Waals surface area (Å²) in [7, 11) is 0. The van der Waals surface area contributed by atoms with Gasteiger partial charge in [0.2, 0.25) is 0 Å². The van der Waals surface area contributed by atoms with Crippen molar-refractivity contribution in [3.05, 3.63) is 0 Å². The van der Waals surface area contributed by atoms with Crippen molar-refractivity contribution in [3.8, 4) is 0 Å². The summed E-state index contributed by atoms with van der Waals surface area (Å²) in [6.45, 7) is 0.640. The zero-order valence-electron chi connectivity index (χ0n) is 12.5. The number of carbonyl (C=O) groups excluding carboxylic acids is 2. The van der Waals surface area contributed by atoms with Crippen molar-refractivity contribution in [3.63, 3.8) is 0 Å². The maximum atomic E-state index is 11.8. The standard InChI is InChI=1S/C16H28N2O2/c19-15(16(20)18-14-9-5-2-6-10-14)17-12-11-13-7-3-1-4-8-13/h13-14H,1-12H2,(H,17,19)(H,18,20). The van der Waals surface area contributed by atoms with Crippen molar-refractivity contribution in [1.82, 2.24) is 10.6 Å². The molecule has 0 radical (unpaired) electrons. The van der Waals surface area contributed by atoms with E-state index >= 15 is 0 Å². The second-order valence-electron chi connectivity index (χ2n) is 6.36. The molecule has 0 saturated heterocycles. The summed E-state index contributed by atoms with van der Waals surface area (Å²) >= 11 is 0. The number of hydrogen-bond donors (Lipinski definition) is 2. The molecule has 2 saturated carbocycles. The van der Waals surface area contributed by atoms with Gasteiger partial charge in [0.05, 0.1) is 0 Å². The molecular weight excluding hydrogens is 252 g/mol. The van der Waals surface area contributed by atoms with Crippen LogP contribution in [0.2, 0.25) is 0 Å².